The van der Waals surface area contributed by atoms with Crippen LogP contribution in [0.1, 0.15) is 70.4 Å². The fourth-order valence-corrected chi connectivity index (χ4v) is 6.65. The lowest BCUT2D eigenvalue weighted by atomic mass is 9.48. The van der Waals surface area contributed by atoms with E-state index in [0.29, 0.717) is 5.41 Å². The highest BCUT2D eigenvalue weighted by atomic mass is 14.6. The van der Waals surface area contributed by atoms with E-state index in [-0.39, 0.29) is 5.41 Å². The fourth-order valence-electron chi connectivity index (χ4n) is 6.65. The first-order valence-electron chi connectivity index (χ1n) is 10.6. The van der Waals surface area contributed by atoms with E-state index >= 15 is 0 Å². The summed E-state index contributed by atoms with van der Waals surface area (Å²) < 4.78 is 0. The van der Waals surface area contributed by atoms with Gasteiger partial charge in [-0.25, -0.2) is 0 Å². The van der Waals surface area contributed by atoms with Crippen LogP contribution >= 0.6 is 0 Å². The van der Waals surface area contributed by atoms with Crippen LogP contribution < -0.4 is 0 Å². The van der Waals surface area contributed by atoms with Crippen molar-refractivity contribution in [1.29, 1.82) is 0 Å². The molecule has 0 unspecified atom stereocenters. The van der Waals surface area contributed by atoms with Crippen molar-refractivity contribution in [3.63, 3.8) is 0 Å². The lowest BCUT2D eigenvalue weighted by Gasteiger charge is -2.57. The van der Waals surface area contributed by atoms with Gasteiger partial charge < -0.3 is 0 Å². The van der Waals surface area contributed by atoms with Gasteiger partial charge in [0.25, 0.3) is 0 Å². The largest absolute Gasteiger partial charge is 0.0614 e. The summed E-state index contributed by atoms with van der Waals surface area (Å²) in [7, 11) is 0. The molecule has 2 aromatic rings. The molecule has 2 aromatic carbocycles. The van der Waals surface area contributed by atoms with Gasteiger partial charge in [0.15, 0.2) is 0 Å². The van der Waals surface area contributed by atoms with Crippen molar-refractivity contribution in [3.8, 4) is 11.1 Å². The molecule has 4 fully saturated rings. The molecule has 4 aliphatic rings. The Morgan fingerprint density at radius 1 is 0.731 bits per heavy atom. The van der Waals surface area contributed by atoms with Crippen molar-refractivity contribution in [2.45, 2.75) is 70.1 Å². The van der Waals surface area contributed by atoms with E-state index in [2.05, 4.69) is 69.3 Å². The van der Waals surface area contributed by atoms with Crippen LogP contribution in [-0.4, -0.2) is 0 Å². The van der Waals surface area contributed by atoms with E-state index in [1.807, 2.05) is 0 Å². The topological polar surface area (TPSA) is 0 Å². The minimum absolute atomic E-state index is 0.204. The predicted octanol–water partition coefficient (Wildman–Crippen LogP) is 7.12. The Labute approximate surface area is 159 Å². The second-order valence-corrected chi connectivity index (χ2v) is 10.6. The third kappa shape index (κ3) is 2.73. The lowest BCUT2D eigenvalue weighted by Crippen LogP contribution is -2.48. The highest BCUT2D eigenvalue weighted by Gasteiger charge is 2.51. The van der Waals surface area contributed by atoms with Gasteiger partial charge >= 0.3 is 0 Å². The molecule has 136 valence electrons. The minimum atomic E-state index is 0.204. The van der Waals surface area contributed by atoms with Crippen molar-refractivity contribution in [3.05, 3.63) is 59.7 Å². The lowest BCUT2D eigenvalue weighted by molar-refractivity contribution is -0.00518. The van der Waals surface area contributed by atoms with Gasteiger partial charge in [-0.15, -0.1) is 0 Å². The van der Waals surface area contributed by atoms with E-state index < -0.39 is 0 Å². The summed E-state index contributed by atoms with van der Waals surface area (Å²) >= 11 is 0. The van der Waals surface area contributed by atoms with E-state index in [1.54, 1.807) is 5.56 Å². The third-order valence-corrected chi connectivity index (χ3v) is 7.60. The quantitative estimate of drug-likeness (QED) is 0.544. The maximum absolute atomic E-state index is 2.46. The number of benzene rings is 2. The molecule has 4 saturated carbocycles. The van der Waals surface area contributed by atoms with Gasteiger partial charge in [0.2, 0.25) is 0 Å². The van der Waals surface area contributed by atoms with Crippen molar-refractivity contribution in [2.24, 2.45) is 17.8 Å². The Bertz CT molecular complexity index is 767. The minimum Gasteiger partial charge on any atom is -0.0614 e. The van der Waals surface area contributed by atoms with Gasteiger partial charge in [-0.1, -0.05) is 69.3 Å². The van der Waals surface area contributed by atoms with Crippen LogP contribution in [0, 0.1) is 17.8 Å². The maximum Gasteiger partial charge on any atom is -0.00391 e. The molecule has 0 saturated heterocycles. The van der Waals surface area contributed by atoms with Crippen LogP contribution in [0.25, 0.3) is 11.1 Å². The van der Waals surface area contributed by atoms with E-state index in [4.69, 9.17) is 0 Å². The zero-order valence-electron chi connectivity index (χ0n) is 16.6. The molecule has 4 aliphatic carbocycles. The molecule has 0 atom stereocenters. The summed E-state index contributed by atoms with van der Waals surface area (Å²) in [6.45, 7) is 6.88. The van der Waals surface area contributed by atoms with Gasteiger partial charge in [-0.3, -0.25) is 0 Å². The average molecular weight is 345 g/mol. The fraction of sp³-hybridized carbons (Fsp3) is 0.538. The van der Waals surface area contributed by atoms with Gasteiger partial charge in [-0.2, -0.15) is 0 Å². The van der Waals surface area contributed by atoms with Crippen LogP contribution in [-0.2, 0) is 10.8 Å². The molecule has 26 heavy (non-hydrogen) atoms. The molecular formula is C26H32. The first kappa shape index (κ1) is 16.6. The van der Waals surface area contributed by atoms with Crippen molar-refractivity contribution >= 4 is 0 Å². The van der Waals surface area contributed by atoms with E-state index in [1.165, 1.54) is 55.2 Å². The highest BCUT2D eigenvalue weighted by Crippen LogP contribution is 2.60. The molecule has 0 nitrogen and oxygen atoms in total. The van der Waals surface area contributed by atoms with Gasteiger partial charge in [0.05, 0.1) is 0 Å². The summed E-state index contributed by atoms with van der Waals surface area (Å²) in [6.07, 6.45) is 8.94. The normalized spacial score (nSPS) is 32.8. The molecular weight excluding hydrogens is 312 g/mol. The molecule has 6 rings (SSSR count). The van der Waals surface area contributed by atoms with E-state index in [9.17, 15) is 0 Å². The summed E-state index contributed by atoms with van der Waals surface area (Å²) in [4.78, 5) is 0. The summed E-state index contributed by atoms with van der Waals surface area (Å²) in [5.41, 5.74) is 6.49. The molecule has 0 heterocycles. The van der Waals surface area contributed by atoms with E-state index in [0.717, 1.165) is 17.8 Å². The summed E-state index contributed by atoms with van der Waals surface area (Å²) in [5.74, 6) is 3.05. The van der Waals surface area contributed by atoms with Crippen LogP contribution in [0.5, 0.6) is 0 Å². The molecule has 0 spiro atoms. The Morgan fingerprint density at radius 2 is 1.31 bits per heavy atom. The van der Waals surface area contributed by atoms with Gasteiger partial charge in [0.1, 0.15) is 0 Å². The molecule has 0 N–H and O–H groups in total. The third-order valence-electron chi connectivity index (χ3n) is 7.60. The Morgan fingerprint density at radius 3 is 1.85 bits per heavy atom. The zero-order chi connectivity index (χ0) is 17.9. The number of rotatable bonds is 2. The Kier molecular flexibility index (Phi) is 3.65. The Hall–Kier alpha value is -1.56. The SMILES string of the molecule is CC(C)(C)c1cccc(-c2ccc(C34CC5CC(CC(C5)C3)C4)cc2)c1. The smallest absolute Gasteiger partial charge is 0.00391 e. The number of hydrogen-bond acceptors (Lipinski definition) is 0. The van der Waals surface area contributed by atoms with Crippen LogP contribution in [0.2, 0.25) is 0 Å². The second kappa shape index (κ2) is 5.72. The monoisotopic (exact) mass is 344 g/mol. The molecule has 0 aliphatic heterocycles. The van der Waals surface area contributed by atoms with Crippen LogP contribution in [0.4, 0.5) is 0 Å². The molecule has 0 aromatic heterocycles. The van der Waals surface area contributed by atoms with Gasteiger partial charge in [0, 0.05) is 0 Å². The maximum atomic E-state index is 2.46. The molecule has 4 bridgehead atoms. The first-order chi connectivity index (χ1) is 12.4. The first-order valence-corrected chi connectivity index (χ1v) is 10.6. The standard InChI is InChI=1S/C26H32/c1-25(2,3)24-6-4-5-22(14-24)21-7-9-23(10-8-21)26-15-18-11-19(16-26)13-20(12-18)17-26/h4-10,14,18-20H,11-13,15-17H2,1-3H3. The molecule has 0 radical (unpaired) electrons. The van der Waals surface area contributed by atoms with Crippen LogP contribution in [0.15, 0.2) is 48.5 Å². The van der Waals surface area contributed by atoms with Crippen molar-refractivity contribution in [2.75, 3.05) is 0 Å². The van der Waals surface area contributed by atoms with Crippen LogP contribution in [0.3, 0.4) is 0 Å². The number of hydrogen-bond donors (Lipinski definition) is 0. The van der Waals surface area contributed by atoms with Crippen molar-refractivity contribution in [1.82, 2.24) is 0 Å². The summed E-state index contributed by atoms with van der Waals surface area (Å²) in [5, 5.41) is 0. The predicted molar refractivity (Wildman–Crippen MR) is 110 cm³/mol. The summed E-state index contributed by atoms with van der Waals surface area (Å²) in [6, 6.07) is 18.8. The zero-order valence-corrected chi connectivity index (χ0v) is 16.6. The molecule has 0 heteroatoms. The average Bonchev–Trinajstić information content (AvgIpc) is 2.60. The second-order valence-electron chi connectivity index (χ2n) is 10.6. The highest BCUT2D eigenvalue weighted by molar-refractivity contribution is 5.65. The van der Waals surface area contributed by atoms with Crippen molar-refractivity contribution < 1.29 is 0 Å². The Balaban J connectivity index is 1.45. The molecule has 0 amide bonds. The van der Waals surface area contributed by atoms with Gasteiger partial charge in [-0.05, 0) is 89.4 Å².